The van der Waals surface area contributed by atoms with E-state index < -0.39 is 11.9 Å². The molecule has 1 aromatic heterocycles. The van der Waals surface area contributed by atoms with Crippen LogP contribution < -0.4 is 0 Å². The quantitative estimate of drug-likeness (QED) is 0.608. The van der Waals surface area contributed by atoms with Crippen LogP contribution in [0.15, 0.2) is 11.4 Å². The average Bonchev–Trinajstić information content (AvgIpc) is 2.63. The van der Waals surface area contributed by atoms with E-state index in [4.69, 9.17) is 5.11 Å². The van der Waals surface area contributed by atoms with Gasteiger partial charge in [-0.3, -0.25) is 0 Å². The van der Waals surface area contributed by atoms with Gasteiger partial charge in [0.1, 0.15) is 0 Å². The van der Waals surface area contributed by atoms with Gasteiger partial charge in [-0.05, 0) is 18.9 Å². The van der Waals surface area contributed by atoms with Crippen molar-refractivity contribution in [3.05, 3.63) is 21.9 Å². The molecule has 1 heterocycles. The Kier molecular flexibility index (Phi) is 3.89. The highest BCUT2D eigenvalue weighted by Gasteiger charge is 2.04. The van der Waals surface area contributed by atoms with Crippen molar-refractivity contribution in [1.29, 1.82) is 0 Å². The number of thiophene rings is 1. The van der Waals surface area contributed by atoms with Crippen molar-refractivity contribution in [1.82, 2.24) is 0 Å². The fraction of sp³-hybridized carbons (Fsp3) is 0.200. The molecular formula is C10H8O4S. The van der Waals surface area contributed by atoms with Gasteiger partial charge in [0.15, 0.2) is 0 Å². The lowest BCUT2D eigenvalue weighted by Gasteiger charge is -1.89. The van der Waals surface area contributed by atoms with Crippen LogP contribution in [0.2, 0.25) is 0 Å². The Morgan fingerprint density at radius 1 is 1.60 bits per heavy atom. The third-order valence-corrected chi connectivity index (χ3v) is 2.26. The van der Waals surface area contributed by atoms with Crippen LogP contribution in [0.3, 0.4) is 0 Å². The summed E-state index contributed by atoms with van der Waals surface area (Å²) in [5.41, 5.74) is 0.174. The summed E-state index contributed by atoms with van der Waals surface area (Å²) in [5.74, 6) is 3.18. The predicted octanol–water partition coefficient (Wildman–Crippen LogP) is 1.36. The first-order chi connectivity index (χ1) is 7.13. The van der Waals surface area contributed by atoms with Crippen LogP contribution in [-0.2, 0) is 9.53 Å². The molecule has 0 aliphatic heterocycles. The molecule has 5 heteroatoms. The zero-order chi connectivity index (χ0) is 11.3. The maximum absolute atomic E-state index is 10.8. The second-order valence-corrected chi connectivity index (χ2v) is 3.39. The Labute approximate surface area is 90.5 Å². The summed E-state index contributed by atoms with van der Waals surface area (Å²) in [5, 5.41) is 10.1. The number of carboxylic acid groups (broad SMARTS) is 1. The van der Waals surface area contributed by atoms with Gasteiger partial charge in [0.25, 0.3) is 0 Å². The lowest BCUT2D eigenvalue weighted by Crippen LogP contribution is -1.99. The number of carbonyl (C=O) groups excluding carboxylic acids is 1. The van der Waals surface area contributed by atoms with E-state index >= 15 is 0 Å². The zero-order valence-corrected chi connectivity index (χ0v) is 8.76. The van der Waals surface area contributed by atoms with Crippen LogP contribution in [0.25, 0.3) is 0 Å². The van der Waals surface area contributed by atoms with E-state index in [0.717, 1.165) is 0 Å². The fourth-order valence-electron chi connectivity index (χ4n) is 0.794. The minimum absolute atomic E-state index is 0.174. The van der Waals surface area contributed by atoms with Crippen molar-refractivity contribution in [3.8, 4) is 11.8 Å². The minimum Gasteiger partial charge on any atom is -0.478 e. The molecule has 0 aromatic carbocycles. The zero-order valence-electron chi connectivity index (χ0n) is 7.94. The van der Waals surface area contributed by atoms with E-state index in [1.165, 1.54) is 22.8 Å². The largest absolute Gasteiger partial charge is 0.478 e. The van der Waals surface area contributed by atoms with Crippen molar-refractivity contribution < 1.29 is 19.4 Å². The summed E-state index contributed by atoms with van der Waals surface area (Å²) in [7, 11) is 0. The number of esters is 1. The second-order valence-electron chi connectivity index (χ2n) is 2.48. The average molecular weight is 224 g/mol. The van der Waals surface area contributed by atoms with E-state index in [1.54, 1.807) is 6.92 Å². The van der Waals surface area contributed by atoms with Crippen LogP contribution in [0.5, 0.6) is 0 Å². The van der Waals surface area contributed by atoms with Gasteiger partial charge in [-0.25, -0.2) is 9.59 Å². The Balaban J connectivity index is 2.72. The predicted molar refractivity (Wildman–Crippen MR) is 54.8 cm³/mol. The molecule has 1 rings (SSSR count). The molecule has 0 aliphatic rings. The van der Waals surface area contributed by atoms with E-state index in [1.807, 2.05) is 0 Å². The van der Waals surface area contributed by atoms with E-state index in [9.17, 15) is 9.59 Å². The molecule has 0 spiro atoms. The van der Waals surface area contributed by atoms with Gasteiger partial charge in [-0.1, -0.05) is 0 Å². The minimum atomic E-state index is -1.00. The van der Waals surface area contributed by atoms with Gasteiger partial charge in [0.2, 0.25) is 0 Å². The van der Waals surface area contributed by atoms with Gasteiger partial charge >= 0.3 is 11.9 Å². The lowest BCUT2D eigenvalue weighted by atomic mass is 10.3. The fourth-order valence-corrected chi connectivity index (χ4v) is 1.52. The number of rotatable bonds is 2. The first kappa shape index (κ1) is 11.3. The number of carbonyl (C=O) groups is 2. The van der Waals surface area contributed by atoms with Crippen LogP contribution in [0, 0.1) is 11.8 Å². The molecule has 0 bridgehead atoms. The Bertz CT molecular complexity index is 436. The first-order valence-electron chi connectivity index (χ1n) is 4.14. The number of aromatic carboxylic acids is 1. The Morgan fingerprint density at radius 2 is 2.33 bits per heavy atom. The van der Waals surface area contributed by atoms with E-state index in [-0.39, 0.29) is 12.2 Å². The van der Waals surface area contributed by atoms with Crippen molar-refractivity contribution in [2.45, 2.75) is 6.92 Å². The summed E-state index contributed by atoms with van der Waals surface area (Å²) in [4.78, 5) is 21.9. The molecule has 0 aliphatic carbocycles. The molecule has 1 N–H and O–H groups in total. The summed E-state index contributed by atoms with van der Waals surface area (Å²) >= 11 is 1.18. The maximum atomic E-state index is 10.8. The maximum Gasteiger partial charge on any atom is 0.384 e. The van der Waals surface area contributed by atoms with Crippen molar-refractivity contribution in [2.24, 2.45) is 0 Å². The molecule has 0 atom stereocenters. The van der Waals surface area contributed by atoms with Gasteiger partial charge in [-0.2, -0.15) is 0 Å². The number of hydrogen-bond acceptors (Lipinski definition) is 4. The van der Waals surface area contributed by atoms with E-state index in [0.29, 0.717) is 4.88 Å². The van der Waals surface area contributed by atoms with Gasteiger partial charge in [-0.15, -0.1) is 11.3 Å². The Hall–Kier alpha value is -1.80. The molecular weight excluding hydrogens is 216 g/mol. The van der Waals surface area contributed by atoms with Crippen molar-refractivity contribution in [3.63, 3.8) is 0 Å². The molecule has 4 nitrogen and oxygen atoms in total. The highest BCUT2D eigenvalue weighted by molar-refractivity contribution is 7.10. The van der Waals surface area contributed by atoms with Gasteiger partial charge in [0.05, 0.1) is 17.0 Å². The lowest BCUT2D eigenvalue weighted by molar-refractivity contribution is -0.136. The molecule has 0 saturated carbocycles. The molecule has 78 valence electrons. The SMILES string of the molecule is CCOC(=O)C#Cc1cc(C(=O)O)cs1. The molecule has 0 radical (unpaired) electrons. The third kappa shape index (κ3) is 3.44. The smallest absolute Gasteiger partial charge is 0.384 e. The summed E-state index contributed by atoms with van der Waals surface area (Å²) < 4.78 is 4.59. The second kappa shape index (κ2) is 5.17. The molecule has 0 fully saturated rings. The molecule has 15 heavy (non-hydrogen) atoms. The Morgan fingerprint density at radius 3 is 2.87 bits per heavy atom. The standard InChI is InChI=1S/C10H8O4S/c1-2-14-9(11)4-3-8-5-7(6-15-8)10(12)13/h5-6H,2H2,1H3,(H,12,13). The summed E-state index contributed by atoms with van der Waals surface area (Å²) in [6, 6.07) is 1.42. The topological polar surface area (TPSA) is 63.6 Å². The molecule has 1 aromatic rings. The normalized spacial score (nSPS) is 8.87. The third-order valence-electron chi connectivity index (χ3n) is 1.41. The first-order valence-corrected chi connectivity index (χ1v) is 5.02. The van der Waals surface area contributed by atoms with Crippen molar-refractivity contribution in [2.75, 3.05) is 6.61 Å². The molecule has 0 saturated heterocycles. The van der Waals surface area contributed by atoms with E-state index in [2.05, 4.69) is 16.6 Å². The monoisotopic (exact) mass is 224 g/mol. The van der Waals surface area contributed by atoms with Crippen LogP contribution in [0.4, 0.5) is 0 Å². The van der Waals surface area contributed by atoms with Crippen LogP contribution in [0.1, 0.15) is 22.2 Å². The summed E-state index contributed by atoms with van der Waals surface area (Å²) in [6.07, 6.45) is 0. The molecule has 0 amide bonds. The van der Waals surface area contributed by atoms with Crippen molar-refractivity contribution >= 4 is 23.3 Å². The number of hydrogen-bond donors (Lipinski definition) is 1. The highest BCUT2D eigenvalue weighted by Crippen LogP contribution is 2.12. The van der Waals surface area contributed by atoms with Crippen LogP contribution >= 0.6 is 11.3 Å². The highest BCUT2D eigenvalue weighted by atomic mass is 32.1. The van der Waals surface area contributed by atoms with Crippen LogP contribution in [-0.4, -0.2) is 23.7 Å². The number of ether oxygens (including phenoxy) is 1. The number of carboxylic acids is 1. The van der Waals surface area contributed by atoms with Gasteiger partial charge < -0.3 is 9.84 Å². The van der Waals surface area contributed by atoms with Gasteiger partial charge in [0, 0.05) is 11.3 Å². The molecule has 0 unspecified atom stereocenters. The summed E-state index contributed by atoms with van der Waals surface area (Å²) in [6.45, 7) is 1.96.